The first-order chi connectivity index (χ1) is 16.4. The third kappa shape index (κ3) is 8.10. The number of esters is 1. The van der Waals surface area contributed by atoms with Gasteiger partial charge in [-0.15, -0.1) is 0 Å². The van der Waals surface area contributed by atoms with Crippen molar-refractivity contribution in [2.24, 2.45) is 0 Å². The Morgan fingerprint density at radius 2 is 1.41 bits per heavy atom. The number of ether oxygens (including phenoxy) is 2. The normalized spacial score (nSPS) is 10.3. The highest BCUT2D eigenvalue weighted by molar-refractivity contribution is 6.33. The number of hydrogen-bond donors (Lipinski definition) is 2. The molecule has 0 unspecified atom stereocenters. The van der Waals surface area contributed by atoms with Crippen LogP contribution in [0.4, 0.5) is 11.4 Å². The van der Waals surface area contributed by atoms with Crippen LogP contribution in [0.1, 0.15) is 19.3 Å². The monoisotopic (exact) mass is 500 g/mol. The molecule has 176 valence electrons. The quantitative estimate of drug-likeness (QED) is 0.329. The lowest BCUT2D eigenvalue weighted by Crippen LogP contribution is -2.21. The molecule has 0 aliphatic heterocycles. The Morgan fingerprint density at radius 3 is 2.12 bits per heavy atom. The third-order valence-electron chi connectivity index (χ3n) is 4.50. The van der Waals surface area contributed by atoms with Crippen molar-refractivity contribution >= 4 is 52.4 Å². The van der Waals surface area contributed by atoms with E-state index in [-0.39, 0.29) is 25.2 Å². The highest BCUT2D eigenvalue weighted by Gasteiger charge is 2.11. The summed E-state index contributed by atoms with van der Waals surface area (Å²) in [6.07, 6.45) is 0.417. The molecule has 0 fully saturated rings. The fourth-order valence-electron chi connectivity index (χ4n) is 2.84. The van der Waals surface area contributed by atoms with Gasteiger partial charge >= 0.3 is 5.97 Å². The highest BCUT2D eigenvalue weighted by atomic mass is 35.5. The molecule has 2 amide bonds. The maximum Gasteiger partial charge on any atom is 0.306 e. The van der Waals surface area contributed by atoms with Gasteiger partial charge in [-0.2, -0.15) is 0 Å². The zero-order valence-corrected chi connectivity index (χ0v) is 19.6. The van der Waals surface area contributed by atoms with Gasteiger partial charge in [0.1, 0.15) is 11.5 Å². The maximum atomic E-state index is 12.1. The van der Waals surface area contributed by atoms with E-state index in [9.17, 15) is 14.4 Å². The lowest BCUT2D eigenvalue weighted by atomic mass is 10.2. The summed E-state index contributed by atoms with van der Waals surface area (Å²) < 4.78 is 10.6. The van der Waals surface area contributed by atoms with E-state index in [1.807, 2.05) is 12.1 Å². The van der Waals surface area contributed by atoms with Gasteiger partial charge in [-0.05, 0) is 55.0 Å². The number of carbonyl (C=O) groups excluding carboxylic acids is 3. The molecule has 9 heteroatoms. The molecule has 7 nitrogen and oxygen atoms in total. The van der Waals surface area contributed by atoms with Gasteiger partial charge in [0.05, 0.1) is 15.7 Å². The summed E-state index contributed by atoms with van der Waals surface area (Å²) in [4.78, 5) is 35.8. The van der Waals surface area contributed by atoms with E-state index < -0.39 is 18.5 Å². The predicted molar refractivity (Wildman–Crippen MR) is 131 cm³/mol. The standard InChI is InChI=1S/C25H22Cl2N2O5/c26-19-6-1-3-8-21(19)29-24(31)16-33-25(32)11-5-10-23(30)28-17-12-14-18(15-13-17)34-22-9-4-2-7-20(22)27/h1-4,6-9,12-15H,5,10-11,16H2,(H,28,30)(H,29,31). The van der Waals surface area contributed by atoms with Crippen LogP contribution in [0.15, 0.2) is 72.8 Å². The molecule has 3 aromatic carbocycles. The number of benzene rings is 3. The fraction of sp³-hybridized carbons (Fsp3) is 0.160. The molecule has 0 aliphatic rings. The molecule has 3 aromatic rings. The molecular weight excluding hydrogens is 479 g/mol. The van der Waals surface area contributed by atoms with Gasteiger partial charge < -0.3 is 20.1 Å². The van der Waals surface area contributed by atoms with Crippen LogP contribution < -0.4 is 15.4 Å². The van der Waals surface area contributed by atoms with Crippen molar-refractivity contribution in [2.45, 2.75) is 19.3 Å². The number of para-hydroxylation sites is 2. The van der Waals surface area contributed by atoms with Crippen molar-refractivity contribution in [1.29, 1.82) is 0 Å². The first-order valence-corrected chi connectivity index (χ1v) is 11.2. The maximum absolute atomic E-state index is 12.1. The number of carbonyl (C=O) groups is 3. The molecular formula is C25H22Cl2N2O5. The smallest absolute Gasteiger partial charge is 0.306 e. The minimum absolute atomic E-state index is 0.0113. The third-order valence-corrected chi connectivity index (χ3v) is 5.14. The summed E-state index contributed by atoms with van der Waals surface area (Å²) in [7, 11) is 0. The van der Waals surface area contributed by atoms with Crippen molar-refractivity contribution < 1.29 is 23.9 Å². The van der Waals surface area contributed by atoms with E-state index in [0.717, 1.165) is 0 Å². The van der Waals surface area contributed by atoms with Crippen LogP contribution in [0.2, 0.25) is 10.0 Å². The summed E-state index contributed by atoms with van der Waals surface area (Å²) in [6.45, 7) is -0.432. The second-order valence-electron chi connectivity index (χ2n) is 7.15. The van der Waals surface area contributed by atoms with E-state index in [2.05, 4.69) is 10.6 Å². The molecule has 0 aliphatic carbocycles. The van der Waals surface area contributed by atoms with E-state index in [1.165, 1.54) is 0 Å². The van der Waals surface area contributed by atoms with E-state index >= 15 is 0 Å². The Balaban J connectivity index is 1.34. The van der Waals surface area contributed by atoms with Gasteiger partial charge in [-0.25, -0.2) is 0 Å². The zero-order chi connectivity index (χ0) is 24.3. The molecule has 0 aromatic heterocycles. The number of nitrogens with one attached hydrogen (secondary N) is 2. The fourth-order valence-corrected chi connectivity index (χ4v) is 3.20. The summed E-state index contributed by atoms with van der Waals surface area (Å²) in [5.41, 5.74) is 1.03. The average molecular weight is 501 g/mol. The largest absolute Gasteiger partial charge is 0.456 e. The molecule has 34 heavy (non-hydrogen) atoms. The zero-order valence-electron chi connectivity index (χ0n) is 18.1. The minimum atomic E-state index is -0.566. The molecule has 0 saturated carbocycles. The van der Waals surface area contributed by atoms with Crippen molar-refractivity contribution in [3.8, 4) is 11.5 Å². The number of rotatable bonds is 10. The topological polar surface area (TPSA) is 93.7 Å². The van der Waals surface area contributed by atoms with Crippen LogP contribution in [-0.4, -0.2) is 24.4 Å². The molecule has 0 bridgehead atoms. The highest BCUT2D eigenvalue weighted by Crippen LogP contribution is 2.29. The predicted octanol–water partition coefficient (Wildman–Crippen LogP) is 6.08. The van der Waals surface area contributed by atoms with Gasteiger partial charge in [0, 0.05) is 18.5 Å². The first-order valence-electron chi connectivity index (χ1n) is 10.4. The molecule has 2 N–H and O–H groups in total. The van der Waals surface area contributed by atoms with Gasteiger partial charge in [-0.3, -0.25) is 14.4 Å². The van der Waals surface area contributed by atoms with Crippen molar-refractivity contribution in [3.63, 3.8) is 0 Å². The number of halogens is 2. The van der Waals surface area contributed by atoms with Crippen LogP contribution in [0, 0.1) is 0 Å². The van der Waals surface area contributed by atoms with Gasteiger partial charge in [0.2, 0.25) is 5.91 Å². The molecule has 0 spiro atoms. The van der Waals surface area contributed by atoms with E-state index in [1.54, 1.807) is 60.7 Å². The summed E-state index contributed by atoms with van der Waals surface area (Å²) in [5, 5.41) is 6.20. The van der Waals surface area contributed by atoms with Crippen molar-refractivity contribution in [2.75, 3.05) is 17.2 Å². The van der Waals surface area contributed by atoms with Crippen LogP contribution in [0.25, 0.3) is 0 Å². The second kappa shape index (κ2) is 12.6. The number of anilines is 2. The van der Waals surface area contributed by atoms with E-state index in [0.29, 0.717) is 32.9 Å². The Labute approximate surface area is 207 Å². The van der Waals surface area contributed by atoms with Gasteiger partial charge in [0.25, 0.3) is 5.91 Å². The van der Waals surface area contributed by atoms with Crippen LogP contribution in [0.5, 0.6) is 11.5 Å². The Hall–Kier alpha value is -3.55. The molecule has 3 rings (SSSR count). The van der Waals surface area contributed by atoms with Crippen LogP contribution >= 0.6 is 23.2 Å². The average Bonchev–Trinajstić information content (AvgIpc) is 2.82. The summed E-state index contributed by atoms with van der Waals surface area (Å²) in [5.74, 6) is -0.199. The Morgan fingerprint density at radius 1 is 0.735 bits per heavy atom. The summed E-state index contributed by atoms with van der Waals surface area (Å²) >= 11 is 12.0. The number of amides is 2. The molecule has 0 saturated heterocycles. The van der Waals surface area contributed by atoms with Crippen molar-refractivity contribution in [1.82, 2.24) is 0 Å². The first kappa shape index (κ1) is 25.1. The summed E-state index contributed by atoms with van der Waals surface area (Å²) in [6, 6.07) is 20.7. The van der Waals surface area contributed by atoms with Gasteiger partial charge in [0.15, 0.2) is 6.61 Å². The molecule has 0 heterocycles. The second-order valence-corrected chi connectivity index (χ2v) is 7.96. The van der Waals surface area contributed by atoms with Crippen LogP contribution in [-0.2, 0) is 19.1 Å². The lowest BCUT2D eigenvalue weighted by Gasteiger charge is -2.09. The van der Waals surface area contributed by atoms with E-state index in [4.69, 9.17) is 32.7 Å². The molecule has 0 radical (unpaired) electrons. The lowest BCUT2D eigenvalue weighted by molar-refractivity contribution is -0.147. The van der Waals surface area contributed by atoms with Crippen molar-refractivity contribution in [3.05, 3.63) is 82.8 Å². The van der Waals surface area contributed by atoms with Gasteiger partial charge in [-0.1, -0.05) is 47.5 Å². The Bertz CT molecular complexity index is 1150. The number of hydrogen-bond acceptors (Lipinski definition) is 5. The Kier molecular flexibility index (Phi) is 9.31. The minimum Gasteiger partial charge on any atom is -0.456 e. The van der Waals surface area contributed by atoms with Crippen LogP contribution in [0.3, 0.4) is 0 Å². The molecule has 0 atom stereocenters. The SMILES string of the molecule is O=C(CCCC(=O)OCC(=O)Nc1ccccc1Cl)Nc1ccc(Oc2ccccc2Cl)cc1.